The van der Waals surface area contributed by atoms with Gasteiger partial charge in [-0.15, -0.1) is 0 Å². The Bertz CT molecular complexity index is 565. The zero-order valence-corrected chi connectivity index (χ0v) is 11.3. The lowest BCUT2D eigenvalue weighted by Gasteiger charge is -2.15. The number of carbonyl (C=O) groups is 1. The monoisotopic (exact) mass is 277 g/mol. The number of hydrogen-bond acceptors (Lipinski definition) is 5. The zero-order chi connectivity index (χ0) is 14.5. The van der Waals surface area contributed by atoms with Crippen molar-refractivity contribution in [3.8, 4) is 22.6 Å². The third-order valence-electron chi connectivity index (χ3n) is 2.63. The second-order valence-electron chi connectivity index (χ2n) is 3.93. The molecule has 6 heteroatoms. The zero-order valence-electron chi connectivity index (χ0n) is 11.3. The minimum Gasteiger partial charge on any atom is -0.493 e. The summed E-state index contributed by atoms with van der Waals surface area (Å²) in [6, 6.07) is 2.94. The van der Waals surface area contributed by atoms with Gasteiger partial charge in [0.2, 0.25) is 0 Å². The molecule has 1 aromatic heterocycles. The summed E-state index contributed by atoms with van der Waals surface area (Å²) in [7, 11) is 0. The standard InChI is InChI=1S/C14H15NO5/c1-3-18-11-5-9(14(16)17)6-12(19-4-2)13(11)10-7-15-20-8-10/h5-8H,3-4H2,1-2H3,(H,16,17). The minimum absolute atomic E-state index is 0.108. The van der Waals surface area contributed by atoms with Crippen LogP contribution in [0.3, 0.4) is 0 Å². The van der Waals surface area contributed by atoms with E-state index in [-0.39, 0.29) is 5.56 Å². The molecule has 0 saturated heterocycles. The van der Waals surface area contributed by atoms with Gasteiger partial charge in [0.15, 0.2) is 0 Å². The quantitative estimate of drug-likeness (QED) is 0.874. The van der Waals surface area contributed by atoms with Crippen LogP contribution in [-0.2, 0) is 0 Å². The highest BCUT2D eigenvalue weighted by Gasteiger charge is 2.19. The molecule has 0 atom stereocenters. The lowest BCUT2D eigenvalue weighted by atomic mass is 10.0. The van der Waals surface area contributed by atoms with Crippen LogP contribution in [0.1, 0.15) is 24.2 Å². The molecule has 1 aromatic carbocycles. The van der Waals surface area contributed by atoms with Crippen molar-refractivity contribution in [3.63, 3.8) is 0 Å². The molecule has 0 bridgehead atoms. The summed E-state index contributed by atoms with van der Waals surface area (Å²) in [4.78, 5) is 11.2. The summed E-state index contributed by atoms with van der Waals surface area (Å²) in [5.41, 5.74) is 1.42. The number of carboxylic acid groups (broad SMARTS) is 1. The minimum atomic E-state index is -1.04. The van der Waals surface area contributed by atoms with Crippen molar-refractivity contribution in [2.24, 2.45) is 0 Å². The van der Waals surface area contributed by atoms with Gasteiger partial charge in [-0.3, -0.25) is 0 Å². The van der Waals surface area contributed by atoms with Crippen LogP contribution in [-0.4, -0.2) is 29.4 Å². The first-order valence-electron chi connectivity index (χ1n) is 6.24. The Labute approximate surface area is 115 Å². The van der Waals surface area contributed by atoms with Crippen LogP contribution in [0.2, 0.25) is 0 Å². The van der Waals surface area contributed by atoms with Gasteiger partial charge in [-0.1, -0.05) is 5.16 Å². The largest absolute Gasteiger partial charge is 0.493 e. The summed E-state index contributed by atoms with van der Waals surface area (Å²) in [5.74, 6) is -0.179. The van der Waals surface area contributed by atoms with Gasteiger partial charge in [-0.05, 0) is 26.0 Å². The molecule has 2 aromatic rings. The van der Waals surface area contributed by atoms with Gasteiger partial charge in [-0.2, -0.15) is 0 Å². The topological polar surface area (TPSA) is 81.8 Å². The van der Waals surface area contributed by atoms with Gasteiger partial charge in [0.1, 0.15) is 17.8 Å². The maximum atomic E-state index is 11.2. The van der Waals surface area contributed by atoms with Crippen LogP contribution < -0.4 is 9.47 Å². The number of benzene rings is 1. The predicted octanol–water partition coefficient (Wildman–Crippen LogP) is 2.84. The second kappa shape index (κ2) is 6.10. The van der Waals surface area contributed by atoms with Crippen molar-refractivity contribution >= 4 is 5.97 Å². The van der Waals surface area contributed by atoms with Gasteiger partial charge >= 0.3 is 5.97 Å². The third kappa shape index (κ3) is 2.74. The summed E-state index contributed by atoms with van der Waals surface area (Å²) >= 11 is 0. The molecule has 0 amide bonds. The first-order valence-corrected chi connectivity index (χ1v) is 6.24. The van der Waals surface area contributed by atoms with Crippen molar-refractivity contribution in [3.05, 3.63) is 30.2 Å². The van der Waals surface area contributed by atoms with E-state index in [1.807, 2.05) is 13.8 Å². The molecule has 0 fully saturated rings. The first kappa shape index (κ1) is 13.9. The molecule has 0 radical (unpaired) electrons. The van der Waals surface area contributed by atoms with E-state index in [1.54, 1.807) is 0 Å². The highest BCUT2D eigenvalue weighted by Crippen LogP contribution is 2.39. The van der Waals surface area contributed by atoms with E-state index >= 15 is 0 Å². The van der Waals surface area contributed by atoms with Crippen molar-refractivity contribution in [2.75, 3.05) is 13.2 Å². The number of carboxylic acids is 1. The first-order chi connectivity index (χ1) is 9.67. The molecule has 1 heterocycles. The summed E-state index contributed by atoms with van der Waals surface area (Å²) < 4.78 is 15.9. The average Bonchev–Trinajstić information content (AvgIpc) is 2.92. The molecule has 0 spiro atoms. The fourth-order valence-corrected chi connectivity index (χ4v) is 1.86. The van der Waals surface area contributed by atoms with Gasteiger partial charge in [0.05, 0.1) is 30.5 Å². The molecule has 0 saturated carbocycles. The number of aromatic nitrogens is 1. The van der Waals surface area contributed by atoms with Gasteiger partial charge in [-0.25, -0.2) is 4.79 Å². The maximum Gasteiger partial charge on any atom is 0.335 e. The average molecular weight is 277 g/mol. The van der Waals surface area contributed by atoms with Crippen LogP contribution in [0.25, 0.3) is 11.1 Å². The molecule has 106 valence electrons. The lowest BCUT2D eigenvalue weighted by Crippen LogP contribution is -2.03. The van der Waals surface area contributed by atoms with E-state index in [0.29, 0.717) is 35.8 Å². The molecule has 0 aliphatic heterocycles. The SMILES string of the molecule is CCOc1cc(C(=O)O)cc(OCC)c1-c1cnoc1. The summed E-state index contributed by atoms with van der Waals surface area (Å²) in [6.07, 6.45) is 2.99. The van der Waals surface area contributed by atoms with Gasteiger partial charge in [0, 0.05) is 5.56 Å². The molecular formula is C14H15NO5. The smallest absolute Gasteiger partial charge is 0.335 e. The molecule has 0 unspecified atom stereocenters. The highest BCUT2D eigenvalue weighted by atomic mass is 16.5. The number of aromatic carboxylic acids is 1. The number of ether oxygens (including phenoxy) is 2. The van der Waals surface area contributed by atoms with E-state index in [1.165, 1.54) is 24.6 Å². The Hall–Kier alpha value is -2.50. The molecule has 1 N–H and O–H groups in total. The second-order valence-corrected chi connectivity index (χ2v) is 3.93. The highest BCUT2D eigenvalue weighted by molar-refractivity contribution is 5.91. The van der Waals surface area contributed by atoms with Crippen LogP contribution in [0, 0.1) is 0 Å². The van der Waals surface area contributed by atoms with Crippen LogP contribution in [0.4, 0.5) is 0 Å². The molecule has 0 aliphatic carbocycles. The van der Waals surface area contributed by atoms with E-state index in [0.717, 1.165) is 0 Å². The summed E-state index contributed by atoms with van der Waals surface area (Å²) in [6.45, 7) is 4.47. The fraction of sp³-hybridized carbons (Fsp3) is 0.286. The predicted molar refractivity (Wildman–Crippen MR) is 71.2 cm³/mol. The van der Waals surface area contributed by atoms with Crippen LogP contribution in [0.15, 0.2) is 29.1 Å². The Morgan fingerprint density at radius 2 is 1.85 bits per heavy atom. The number of nitrogens with zero attached hydrogens (tertiary/aromatic N) is 1. The van der Waals surface area contributed by atoms with Crippen LogP contribution >= 0.6 is 0 Å². The third-order valence-corrected chi connectivity index (χ3v) is 2.63. The van der Waals surface area contributed by atoms with Crippen molar-refractivity contribution in [2.45, 2.75) is 13.8 Å². The Kier molecular flexibility index (Phi) is 4.24. The Morgan fingerprint density at radius 1 is 1.25 bits per heavy atom. The molecular weight excluding hydrogens is 262 g/mol. The molecule has 0 aliphatic rings. The van der Waals surface area contributed by atoms with E-state index < -0.39 is 5.97 Å². The molecule has 20 heavy (non-hydrogen) atoms. The number of hydrogen-bond donors (Lipinski definition) is 1. The maximum absolute atomic E-state index is 11.2. The lowest BCUT2D eigenvalue weighted by molar-refractivity contribution is 0.0696. The normalized spacial score (nSPS) is 10.3. The van der Waals surface area contributed by atoms with Crippen molar-refractivity contribution in [1.82, 2.24) is 5.16 Å². The molecule has 6 nitrogen and oxygen atoms in total. The summed E-state index contributed by atoms with van der Waals surface area (Å²) in [5, 5.41) is 12.8. The van der Waals surface area contributed by atoms with E-state index in [4.69, 9.17) is 19.1 Å². The van der Waals surface area contributed by atoms with Crippen LogP contribution in [0.5, 0.6) is 11.5 Å². The Balaban J connectivity index is 2.64. The van der Waals surface area contributed by atoms with E-state index in [2.05, 4.69) is 5.16 Å². The van der Waals surface area contributed by atoms with Crippen molar-refractivity contribution in [1.29, 1.82) is 0 Å². The van der Waals surface area contributed by atoms with Gasteiger partial charge in [0.25, 0.3) is 0 Å². The fourth-order valence-electron chi connectivity index (χ4n) is 1.86. The van der Waals surface area contributed by atoms with E-state index in [9.17, 15) is 4.79 Å². The Morgan fingerprint density at radius 3 is 2.25 bits per heavy atom. The number of rotatable bonds is 6. The van der Waals surface area contributed by atoms with Crippen molar-refractivity contribution < 1.29 is 23.9 Å². The van der Waals surface area contributed by atoms with Gasteiger partial charge < -0.3 is 19.1 Å². The molecule has 2 rings (SSSR count).